The van der Waals surface area contributed by atoms with E-state index < -0.39 is 41.8 Å². The molecule has 34 heavy (non-hydrogen) atoms. The Hall–Kier alpha value is -3.52. The molecule has 0 fully saturated rings. The first-order chi connectivity index (χ1) is 16.1. The smallest absolute Gasteiger partial charge is 0.327 e. The molecule has 0 aliphatic carbocycles. The summed E-state index contributed by atoms with van der Waals surface area (Å²) in [6, 6.07) is 2.43. The molecule has 1 rings (SSSR count). The molecule has 1 aromatic rings. The fourth-order valence-electron chi connectivity index (χ4n) is 2.83. The van der Waals surface area contributed by atoms with Crippen LogP contribution in [0.15, 0.2) is 29.3 Å². The monoisotopic (exact) mass is 497 g/mol. The van der Waals surface area contributed by atoms with E-state index in [9.17, 15) is 29.4 Å². The minimum Gasteiger partial charge on any atom is -0.508 e. The van der Waals surface area contributed by atoms with Crippen molar-refractivity contribution in [3.8, 4) is 5.75 Å². The van der Waals surface area contributed by atoms with Crippen molar-refractivity contribution in [2.75, 3.05) is 18.8 Å². The summed E-state index contributed by atoms with van der Waals surface area (Å²) in [5, 5.41) is 26.1. The maximum absolute atomic E-state index is 13.0. The predicted molar refractivity (Wildman–Crippen MR) is 128 cm³/mol. The van der Waals surface area contributed by atoms with Crippen molar-refractivity contribution in [3.63, 3.8) is 0 Å². The third-order valence-electron chi connectivity index (χ3n) is 4.59. The van der Waals surface area contributed by atoms with Gasteiger partial charge in [0, 0.05) is 18.7 Å². The van der Waals surface area contributed by atoms with E-state index in [2.05, 4.69) is 33.6 Å². The van der Waals surface area contributed by atoms with Crippen molar-refractivity contribution < 1.29 is 29.4 Å². The number of guanidine groups is 1. The Kier molecular flexibility index (Phi) is 12.2. The Labute approximate surface area is 201 Å². The zero-order valence-electron chi connectivity index (χ0n) is 18.4. The van der Waals surface area contributed by atoms with Gasteiger partial charge in [0.2, 0.25) is 17.7 Å². The first-order valence-electron chi connectivity index (χ1n) is 10.3. The van der Waals surface area contributed by atoms with Crippen LogP contribution in [0.3, 0.4) is 0 Å². The van der Waals surface area contributed by atoms with Gasteiger partial charge < -0.3 is 43.4 Å². The van der Waals surface area contributed by atoms with Crippen LogP contribution in [0, 0.1) is 0 Å². The summed E-state index contributed by atoms with van der Waals surface area (Å²) in [5.74, 6) is -3.57. The number of rotatable bonds is 14. The molecule has 1 aromatic carbocycles. The summed E-state index contributed by atoms with van der Waals surface area (Å²) < 4.78 is 0. The second-order valence-corrected chi connectivity index (χ2v) is 7.65. The van der Waals surface area contributed by atoms with E-state index in [1.54, 1.807) is 12.1 Å². The molecular formula is C20H31N7O6S. The first kappa shape index (κ1) is 28.5. The predicted octanol–water partition coefficient (Wildman–Crippen LogP) is -2.58. The zero-order valence-corrected chi connectivity index (χ0v) is 19.3. The maximum atomic E-state index is 13.0. The summed E-state index contributed by atoms with van der Waals surface area (Å²) in [7, 11) is 0. The number of amides is 3. The number of nitrogens with one attached hydrogen (secondary N) is 3. The van der Waals surface area contributed by atoms with Crippen molar-refractivity contribution in [2.24, 2.45) is 22.2 Å². The van der Waals surface area contributed by atoms with E-state index in [0.717, 1.165) is 0 Å². The molecule has 14 heteroatoms. The minimum absolute atomic E-state index is 0.0116. The van der Waals surface area contributed by atoms with Gasteiger partial charge in [-0.15, -0.1) is 0 Å². The molecule has 188 valence electrons. The van der Waals surface area contributed by atoms with E-state index in [1.807, 2.05) is 0 Å². The molecule has 0 radical (unpaired) electrons. The van der Waals surface area contributed by atoms with Crippen LogP contribution >= 0.6 is 12.6 Å². The third-order valence-corrected chi connectivity index (χ3v) is 4.95. The molecule has 13 nitrogen and oxygen atoms in total. The molecule has 3 amide bonds. The highest BCUT2D eigenvalue weighted by Crippen LogP contribution is 2.12. The molecule has 3 atom stereocenters. The van der Waals surface area contributed by atoms with E-state index in [1.165, 1.54) is 12.1 Å². The van der Waals surface area contributed by atoms with Crippen molar-refractivity contribution >= 4 is 42.3 Å². The van der Waals surface area contributed by atoms with Gasteiger partial charge in [-0.2, -0.15) is 12.6 Å². The van der Waals surface area contributed by atoms with Gasteiger partial charge in [0.05, 0.1) is 6.54 Å². The highest BCUT2D eigenvalue weighted by Gasteiger charge is 2.29. The van der Waals surface area contributed by atoms with E-state index in [-0.39, 0.29) is 43.4 Å². The third kappa shape index (κ3) is 10.4. The second kappa shape index (κ2) is 14.6. The van der Waals surface area contributed by atoms with Gasteiger partial charge in [-0.3, -0.25) is 19.4 Å². The minimum atomic E-state index is -1.29. The van der Waals surface area contributed by atoms with Crippen LogP contribution in [0.4, 0.5) is 0 Å². The summed E-state index contributed by atoms with van der Waals surface area (Å²) in [5.41, 5.74) is 16.5. The molecule has 0 saturated heterocycles. The van der Waals surface area contributed by atoms with Gasteiger partial charge >= 0.3 is 5.97 Å². The number of aliphatic imine (C=N–C) groups is 1. The molecule has 0 aromatic heterocycles. The van der Waals surface area contributed by atoms with Gasteiger partial charge in [-0.1, -0.05) is 12.1 Å². The number of thiol groups is 1. The molecule has 0 aliphatic rings. The number of hydrogen-bond donors (Lipinski definition) is 9. The number of nitrogens with zero attached hydrogens (tertiary/aromatic N) is 1. The van der Waals surface area contributed by atoms with Crippen LogP contribution in [0.5, 0.6) is 5.75 Å². The van der Waals surface area contributed by atoms with Crippen LogP contribution in [0.1, 0.15) is 18.4 Å². The number of benzene rings is 1. The number of aromatic hydroxyl groups is 1. The van der Waals surface area contributed by atoms with E-state index in [4.69, 9.17) is 17.2 Å². The fourth-order valence-corrected chi connectivity index (χ4v) is 3.08. The fraction of sp³-hybridized carbons (Fsp3) is 0.450. The number of nitrogens with two attached hydrogens (primary N) is 3. The Morgan fingerprint density at radius 3 is 2.09 bits per heavy atom. The van der Waals surface area contributed by atoms with Crippen molar-refractivity contribution in [1.29, 1.82) is 0 Å². The second-order valence-electron chi connectivity index (χ2n) is 7.29. The molecule has 0 spiro atoms. The summed E-state index contributed by atoms with van der Waals surface area (Å²) >= 11 is 3.92. The number of carbonyl (C=O) groups is 4. The van der Waals surface area contributed by atoms with Gasteiger partial charge in [0.1, 0.15) is 23.9 Å². The maximum Gasteiger partial charge on any atom is 0.327 e. The van der Waals surface area contributed by atoms with Gasteiger partial charge in [-0.05, 0) is 30.5 Å². The zero-order chi connectivity index (χ0) is 25.7. The molecule has 0 heterocycles. The summed E-state index contributed by atoms with van der Waals surface area (Å²) in [4.78, 5) is 52.7. The van der Waals surface area contributed by atoms with Crippen molar-refractivity contribution in [3.05, 3.63) is 29.8 Å². The lowest BCUT2D eigenvalue weighted by atomic mass is 10.0. The van der Waals surface area contributed by atoms with Gasteiger partial charge in [0.15, 0.2) is 5.96 Å². The quantitative estimate of drug-likeness (QED) is 0.0567. The van der Waals surface area contributed by atoms with Crippen LogP contribution in [0.2, 0.25) is 0 Å². The lowest BCUT2D eigenvalue weighted by molar-refractivity contribution is -0.141. The van der Waals surface area contributed by atoms with Gasteiger partial charge in [-0.25, -0.2) is 4.79 Å². The average molecular weight is 498 g/mol. The highest BCUT2D eigenvalue weighted by molar-refractivity contribution is 7.80. The number of carboxylic acid groups (broad SMARTS) is 1. The number of carbonyl (C=O) groups excluding carboxylic acids is 3. The molecular weight excluding hydrogens is 466 g/mol. The van der Waals surface area contributed by atoms with Crippen LogP contribution in [0.25, 0.3) is 0 Å². The number of phenolic OH excluding ortho intramolecular Hbond substituents is 1. The lowest BCUT2D eigenvalue weighted by Gasteiger charge is -2.24. The number of aliphatic carboxylic acids is 1. The first-order valence-corrected chi connectivity index (χ1v) is 11.0. The highest BCUT2D eigenvalue weighted by atomic mass is 32.1. The van der Waals surface area contributed by atoms with Crippen LogP contribution in [-0.4, -0.2) is 76.8 Å². The molecule has 0 aliphatic heterocycles. The molecule has 3 unspecified atom stereocenters. The molecule has 0 bridgehead atoms. The summed E-state index contributed by atoms with van der Waals surface area (Å²) in [6.07, 6.45) is 0.481. The van der Waals surface area contributed by atoms with E-state index in [0.29, 0.717) is 12.0 Å². The summed E-state index contributed by atoms with van der Waals surface area (Å²) in [6.45, 7) is -0.137. The Morgan fingerprint density at radius 1 is 0.971 bits per heavy atom. The van der Waals surface area contributed by atoms with E-state index >= 15 is 0 Å². The lowest BCUT2D eigenvalue weighted by Crippen LogP contribution is -2.57. The molecule has 11 N–H and O–H groups in total. The van der Waals surface area contributed by atoms with Crippen LogP contribution in [-0.2, 0) is 25.6 Å². The normalized spacial score (nSPS) is 13.1. The SMILES string of the molecule is NCC(=O)NC(CCCN=C(N)N)C(=O)NC(Cc1ccc(O)cc1)C(=O)NC(CS)C(=O)O. The topological polar surface area (TPSA) is 235 Å². The molecule has 0 saturated carbocycles. The van der Waals surface area contributed by atoms with Crippen molar-refractivity contribution in [2.45, 2.75) is 37.4 Å². The Morgan fingerprint density at radius 2 is 1.56 bits per heavy atom. The number of phenols is 1. The van der Waals surface area contributed by atoms with Crippen LogP contribution < -0.4 is 33.2 Å². The standard InChI is InChI=1S/C20H31N7O6S/c21-9-16(29)25-13(2-1-7-24-20(22)23)17(30)26-14(8-11-3-5-12(28)6-4-11)18(31)27-15(10-34)19(32)33/h3-6,13-15,28,34H,1-2,7-10,21H2,(H,25,29)(H,26,30)(H,27,31)(H,32,33)(H4,22,23,24). The largest absolute Gasteiger partial charge is 0.508 e. The van der Waals surface area contributed by atoms with Gasteiger partial charge in [0.25, 0.3) is 0 Å². The number of hydrogen-bond acceptors (Lipinski definition) is 8. The average Bonchev–Trinajstić information content (AvgIpc) is 2.79. The van der Waals surface area contributed by atoms with Crippen molar-refractivity contribution in [1.82, 2.24) is 16.0 Å². The number of carboxylic acids is 1. The Balaban J connectivity index is 3.05. The Bertz CT molecular complexity index is 877.